The second-order valence-electron chi connectivity index (χ2n) is 4.71. The van der Waals surface area contributed by atoms with E-state index in [2.05, 4.69) is 5.16 Å². The average molecular weight is 346 g/mol. The van der Waals surface area contributed by atoms with Crippen molar-refractivity contribution in [3.63, 3.8) is 0 Å². The summed E-state index contributed by atoms with van der Waals surface area (Å²) in [5.74, 6) is 1.57. The van der Waals surface area contributed by atoms with Crippen LogP contribution in [-0.4, -0.2) is 24.1 Å². The zero-order valence-corrected chi connectivity index (χ0v) is 14.5. The predicted octanol–water partition coefficient (Wildman–Crippen LogP) is 4.74. The van der Waals surface area contributed by atoms with Crippen molar-refractivity contribution in [2.75, 3.05) is 13.2 Å². The number of rotatable bonds is 8. The van der Waals surface area contributed by atoms with E-state index in [9.17, 15) is 0 Å². The Balaban J connectivity index is 2.99. The maximum absolute atomic E-state index is 8.71. The highest BCUT2D eigenvalue weighted by molar-refractivity contribution is 6.55. The summed E-state index contributed by atoms with van der Waals surface area (Å²) in [5, 5.41) is 11.8. The van der Waals surface area contributed by atoms with Crippen LogP contribution in [0, 0.1) is 0 Å². The quantitative estimate of drug-likeness (QED) is 0.420. The lowest BCUT2D eigenvalue weighted by atomic mass is 10.0. The summed E-state index contributed by atoms with van der Waals surface area (Å²) in [6.45, 7) is 6.37. The maximum Gasteiger partial charge on any atom is 0.129 e. The first-order valence-corrected chi connectivity index (χ1v) is 7.87. The van der Waals surface area contributed by atoms with Gasteiger partial charge in [-0.05, 0) is 49.1 Å². The zero-order valence-electron chi connectivity index (χ0n) is 13.0. The number of oxime groups is 1. The molecular formula is C16H21Cl2NO3. The Morgan fingerprint density at radius 3 is 2.23 bits per heavy atom. The minimum Gasteiger partial charge on any atom is -0.489 e. The fraction of sp³-hybridized carbons (Fsp3) is 0.438. The molecule has 1 rings (SSSR count). The fourth-order valence-corrected chi connectivity index (χ4v) is 2.05. The lowest BCUT2D eigenvalue weighted by Crippen LogP contribution is -2.10. The topological polar surface area (TPSA) is 51.0 Å². The van der Waals surface area contributed by atoms with Crippen LogP contribution in [0.15, 0.2) is 27.9 Å². The van der Waals surface area contributed by atoms with E-state index < -0.39 is 0 Å². The van der Waals surface area contributed by atoms with Gasteiger partial charge >= 0.3 is 0 Å². The molecule has 0 atom stereocenters. The number of ether oxygens (including phenoxy) is 2. The first-order valence-electron chi connectivity index (χ1n) is 7.11. The van der Waals surface area contributed by atoms with E-state index in [0.717, 1.165) is 35.5 Å². The van der Waals surface area contributed by atoms with Gasteiger partial charge in [0.1, 0.15) is 29.2 Å². The van der Waals surface area contributed by atoms with Crippen LogP contribution in [-0.2, 0) is 12.8 Å². The summed E-state index contributed by atoms with van der Waals surface area (Å²) in [6, 6.07) is 3.88. The summed E-state index contributed by atoms with van der Waals surface area (Å²) < 4.78 is 11.6. The molecule has 6 heteroatoms. The smallest absolute Gasteiger partial charge is 0.129 e. The molecule has 0 spiro atoms. The van der Waals surface area contributed by atoms with E-state index >= 15 is 0 Å². The molecule has 22 heavy (non-hydrogen) atoms. The minimum absolute atomic E-state index is 0.185. The van der Waals surface area contributed by atoms with Crippen LogP contribution in [0.2, 0.25) is 0 Å². The van der Waals surface area contributed by atoms with E-state index in [4.69, 9.17) is 37.9 Å². The number of nitrogens with zero attached hydrogens (tertiary/aromatic N) is 1. The summed E-state index contributed by atoms with van der Waals surface area (Å²) >= 11 is 11.1. The normalized spacial score (nSPS) is 11.2. The van der Waals surface area contributed by atoms with Crippen molar-refractivity contribution in [3.05, 3.63) is 33.8 Å². The molecule has 0 bridgehead atoms. The van der Waals surface area contributed by atoms with Crippen molar-refractivity contribution < 1.29 is 14.7 Å². The van der Waals surface area contributed by atoms with Crippen molar-refractivity contribution in [3.8, 4) is 11.5 Å². The number of hydrogen-bond donors (Lipinski definition) is 1. The van der Waals surface area contributed by atoms with Gasteiger partial charge in [-0.15, -0.1) is 0 Å². The first kappa shape index (κ1) is 18.7. The highest BCUT2D eigenvalue weighted by Gasteiger charge is 2.12. The fourth-order valence-electron chi connectivity index (χ4n) is 1.92. The predicted molar refractivity (Wildman–Crippen MR) is 90.9 cm³/mol. The molecule has 0 aliphatic heterocycles. The highest BCUT2D eigenvalue weighted by atomic mass is 35.5. The monoisotopic (exact) mass is 345 g/mol. The molecule has 1 aromatic rings. The number of halogens is 2. The summed E-state index contributed by atoms with van der Waals surface area (Å²) in [4.78, 5) is 0. The van der Waals surface area contributed by atoms with Gasteiger partial charge in [-0.25, -0.2) is 0 Å². The molecule has 0 aromatic heterocycles. The third-order valence-electron chi connectivity index (χ3n) is 3.06. The Morgan fingerprint density at radius 1 is 1.18 bits per heavy atom. The van der Waals surface area contributed by atoms with Gasteiger partial charge in [-0.2, -0.15) is 0 Å². The van der Waals surface area contributed by atoms with E-state index in [-0.39, 0.29) is 11.1 Å². The molecule has 1 aromatic carbocycles. The molecule has 0 fully saturated rings. The van der Waals surface area contributed by atoms with Crippen molar-refractivity contribution in [2.45, 2.75) is 33.6 Å². The van der Waals surface area contributed by atoms with Crippen molar-refractivity contribution >= 4 is 28.9 Å². The van der Waals surface area contributed by atoms with E-state index in [1.165, 1.54) is 0 Å². The van der Waals surface area contributed by atoms with Crippen LogP contribution in [0.25, 0.3) is 0 Å². The molecule has 0 radical (unpaired) electrons. The molecule has 0 aliphatic rings. The highest BCUT2D eigenvalue weighted by Crippen LogP contribution is 2.31. The van der Waals surface area contributed by atoms with E-state index in [0.29, 0.717) is 12.3 Å². The minimum atomic E-state index is 0.185. The van der Waals surface area contributed by atoms with Gasteiger partial charge in [-0.3, -0.25) is 0 Å². The standard InChI is InChI=1S/C16H21Cl2NO3/c1-4-12-8-14(21-7-6-15(17)18)9-13(5-2)16(12)22-10-11(3)19-20/h6,8-9,20H,4-5,7,10H2,1-3H3. The van der Waals surface area contributed by atoms with Crippen LogP contribution in [0.4, 0.5) is 0 Å². The second-order valence-corrected chi connectivity index (χ2v) is 5.71. The number of benzene rings is 1. The molecular weight excluding hydrogens is 325 g/mol. The lowest BCUT2D eigenvalue weighted by Gasteiger charge is -2.16. The van der Waals surface area contributed by atoms with E-state index in [1.807, 2.05) is 26.0 Å². The van der Waals surface area contributed by atoms with Gasteiger partial charge in [0.25, 0.3) is 0 Å². The van der Waals surface area contributed by atoms with Crippen LogP contribution in [0.5, 0.6) is 11.5 Å². The zero-order chi connectivity index (χ0) is 16.5. The molecule has 0 saturated heterocycles. The summed E-state index contributed by atoms with van der Waals surface area (Å²) in [6.07, 6.45) is 3.20. The Labute approximate surface area is 141 Å². The molecule has 0 saturated carbocycles. The SMILES string of the molecule is CCc1cc(OCC=C(Cl)Cl)cc(CC)c1OCC(C)=NO. The van der Waals surface area contributed by atoms with Crippen LogP contribution >= 0.6 is 23.2 Å². The van der Waals surface area contributed by atoms with E-state index in [1.54, 1.807) is 13.0 Å². The van der Waals surface area contributed by atoms with Crippen LogP contribution < -0.4 is 9.47 Å². The largest absolute Gasteiger partial charge is 0.489 e. The van der Waals surface area contributed by atoms with Gasteiger partial charge in [0.05, 0.1) is 5.71 Å². The Morgan fingerprint density at radius 2 is 1.77 bits per heavy atom. The molecule has 0 aliphatic carbocycles. The second kappa shape index (κ2) is 9.59. The Kier molecular flexibility index (Phi) is 8.13. The molecule has 4 nitrogen and oxygen atoms in total. The van der Waals surface area contributed by atoms with Crippen LogP contribution in [0.1, 0.15) is 31.9 Å². The average Bonchev–Trinajstić information content (AvgIpc) is 2.51. The molecule has 0 amide bonds. The van der Waals surface area contributed by atoms with Gasteiger partial charge < -0.3 is 14.7 Å². The summed E-state index contributed by atoms with van der Waals surface area (Å²) in [5.41, 5.74) is 2.61. The van der Waals surface area contributed by atoms with Gasteiger partial charge in [0, 0.05) is 0 Å². The third-order valence-corrected chi connectivity index (χ3v) is 3.37. The third kappa shape index (κ3) is 5.78. The van der Waals surface area contributed by atoms with Crippen LogP contribution in [0.3, 0.4) is 0 Å². The van der Waals surface area contributed by atoms with Gasteiger partial charge in [0.2, 0.25) is 0 Å². The molecule has 0 unspecified atom stereocenters. The Bertz CT molecular complexity index is 527. The maximum atomic E-state index is 8.71. The molecule has 0 heterocycles. The molecule has 1 N–H and O–H groups in total. The summed E-state index contributed by atoms with van der Waals surface area (Å²) in [7, 11) is 0. The van der Waals surface area contributed by atoms with Crippen molar-refractivity contribution in [1.82, 2.24) is 0 Å². The molecule has 122 valence electrons. The lowest BCUT2D eigenvalue weighted by molar-refractivity contribution is 0.305. The Hall–Kier alpha value is -1.39. The number of hydrogen-bond acceptors (Lipinski definition) is 4. The number of aryl methyl sites for hydroxylation is 2. The van der Waals surface area contributed by atoms with Crippen molar-refractivity contribution in [1.29, 1.82) is 0 Å². The first-order chi connectivity index (χ1) is 10.5. The van der Waals surface area contributed by atoms with Crippen molar-refractivity contribution in [2.24, 2.45) is 5.16 Å². The van der Waals surface area contributed by atoms with Gasteiger partial charge in [0.15, 0.2) is 0 Å². The van der Waals surface area contributed by atoms with Gasteiger partial charge in [-0.1, -0.05) is 42.2 Å².